The molecule has 0 bridgehead atoms. The molecule has 3 aromatic rings. The maximum Gasteiger partial charge on any atom is 0.266 e. The summed E-state index contributed by atoms with van der Waals surface area (Å²) in [4.78, 5) is 21.4. The van der Waals surface area contributed by atoms with Crippen molar-refractivity contribution in [3.63, 3.8) is 0 Å². The lowest BCUT2D eigenvalue weighted by molar-refractivity contribution is 0.0979. The van der Waals surface area contributed by atoms with E-state index >= 15 is 0 Å². The number of ether oxygens (including phenoxy) is 1. The average molecular weight is 566 g/mol. The van der Waals surface area contributed by atoms with Gasteiger partial charge >= 0.3 is 0 Å². The third-order valence-electron chi connectivity index (χ3n) is 6.90. The first-order valence-corrected chi connectivity index (χ1v) is 14.6. The van der Waals surface area contributed by atoms with Gasteiger partial charge < -0.3 is 15.4 Å². The van der Waals surface area contributed by atoms with Gasteiger partial charge in [-0.3, -0.25) is 9.52 Å². The number of nitrogens with one attached hydrogen (secondary N) is 3. The van der Waals surface area contributed by atoms with E-state index in [1.165, 1.54) is 12.5 Å². The van der Waals surface area contributed by atoms with Crippen LogP contribution in [0.4, 0.5) is 10.2 Å². The van der Waals surface area contributed by atoms with Crippen LogP contribution in [-0.2, 0) is 12.0 Å². The van der Waals surface area contributed by atoms with Gasteiger partial charge in [0.05, 0.1) is 5.56 Å². The van der Waals surface area contributed by atoms with E-state index in [1.54, 1.807) is 12.1 Å². The van der Waals surface area contributed by atoms with Gasteiger partial charge in [-0.05, 0) is 63.3 Å². The Hall–Kier alpha value is -3.17. The summed E-state index contributed by atoms with van der Waals surface area (Å²) in [6, 6.07) is 16.7. The number of benzene rings is 1. The topological polar surface area (TPSA) is 88.2 Å². The summed E-state index contributed by atoms with van der Waals surface area (Å²) in [5.41, 5.74) is 1.42. The summed E-state index contributed by atoms with van der Waals surface area (Å²) < 4.78 is 23.4. The minimum absolute atomic E-state index is 0.111. The SMILES string of the molecule is CC1(C)CC(CCCNc2cc(OCc3ccccc3)cc(SNC(=O)c3ccc(C(C)(C)C)nc3F)n2)CN1. The Morgan fingerprint density at radius 2 is 1.93 bits per heavy atom. The smallest absolute Gasteiger partial charge is 0.266 e. The molecule has 4 rings (SSSR count). The van der Waals surface area contributed by atoms with E-state index in [0.29, 0.717) is 34.8 Å². The number of nitrogens with zero attached hydrogens (tertiary/aromatic N) is 2. The average Bonchev–Trinajstić information content (AvgIpc) is 3.27. The fraction of sp³-hybridized carbons (Fsp3) is 0.452. The van der Waals surface area contributed by atoms with Gasteiger partial charge in [-0.1, -0.05) is 51.1 Å². The first-order chi connectivity index (χ1) is 19.0. The number of amides is 1. The molecule has 3 heterocycles. The van der Waals surface area contributed by atoms with Crippen molar-refractivity contribution in [2.75, 3.05) is 18.4 Å². The molecule has 1 unspecified atom stereocenters. The summed E-state index contributed by atoms with van der Waals surface area (Å²) >= 11 is 1.02. The number of aromatic nitrogens is 2. The molecule has 1 aliphatic heterocycles. The zero-order valence-electron chi connectivity index (χ0n) is 24.0. The van der Waals surface area contributed by atoms with E-state index in [4.69, 9.17) is 4.74 Å². The molecule has 0 radical (unpaired) electrons. The quantitative estimate of drug-likeness (QED) is 0.139. The summed E-state index contributed by atoms with van der Waals surface area (Å²) in [5.74, 6) is 0.605. The first kappa shape index (κ1) is 29.8. The second-order valence-electron chi connectivity index (χ2n) is 12.0. The van der Waals surface area contributed by atoms with Crippen molar-refractivity contribution in [1.29, 1.82) is 0 Å². The molecule has 3 N–H and O–H groups in total. The van der Waals surface area contributed by atoms with E-state index in [-0.39, 0.29) is 16.5 Å². The molecule has 1 fully saturated rings. The number of carbonyl (C=O) groups excluding carboxylic acids is 1. The standard InChI is InChI=1S/C31H40FN5O2S/c1-30(2,3)25-14-13-24(28(32)35-25)29(38)37-40-27-17-23(39-20-21-10-7-6-8-11-21)16-26(36-27)33-15-9-12-22-18-31(4,5)34-19-22/h6-8,10-11,13-14,16-17,22,34H,9,12,15,18-20H2,1-5H3,(H,33,36)(H,37,38). The van der Waals surface area contributed by atoms with Crippen molar-refractivity contribution >= 4 is 23.7 Å². The van der Waals surface area contributed by atoms with Gasteiger partial charge in [0.1, 0.15) is 23.2 Å². The lowest BCUT2D eigenvalue weighted by atomic mass is 9.91. The molecular formula is C31H40FN5O2S. The number of pyridine rings is 2. The predicted octanol–water partition coefficient (Wildman–Crippen LogP) is 6.51. The molecule has 1 saturated heterocycles. The third kappa shape index (κ3) is 8.66. The zero-order valence-corrected chi connectivity index (χ0v) is 24.8. The van der Waals surface area contributed by atoms with Gasteiger partial charge in [-0.2, -0.15) is 4.39 Å². The van der Waals surface area contributed by atoms with Crippen molar-refractivity contribution in [1.82, 2.24) is 20.0 Å². The van der Waals surface area contributed by atoms with Gasteiger partial charge in [0.25, 0.3) is 5.91 Å². The Labute approximate surface area is 241 Å². The van der Waals surface area contributed by atoms with Crippen molar-refractivity contribution < 1.29 is 13.9 Å². The maximum atomic E-state index is 14.6. The van der Waals surface area contributed by atoms with Crippen molar-refractivity contribution in [3.8, 4) is 5.75 Å². The van der Waals surface area contributed by atoms with Crippen molar-refractivity contribution in [2.45, 2.75) is 76.5 Å². The second-order valence-corrected chi connectivity index (χ2v) is 12.8. The fourth-order valence-electron chi connectivity index (χ4n) is 4.72. The zero-order chi connectivity index (χ0) is 28.8. The van der Waals surface area contributed by atoms with Gasteiger partial charge in [-0.15, -0.1) is 0 Å². The molecule has 2 aromatic heterocycles. The van der Waals surface area contributed by atoms with E-state index in [0.717, 1.165) is 43.4 Å². The lowest BCUT2D eigenvalue weighted by Gasteiger charge is -2.18. The molecule has 214 valence electrons. The summed E-state index contributed by atoms with van der Waals surface area (Å²) in [6.45, 7) is 12.6. The number of hydrogen-bond donors (Lipinski definition) is 3. The van der Waals surface area contributed by atoms with E-state index < -0.39 is 11.9 Å². The van der Waals surface area contributed by atoms with Crippen LogP contribution in [0, 0.1) is 11.9 Å². The fourth-order valence-corrected chi connectivity index (χ4v) is 5.35. The largest absolute Gasteiger partial charge is 0.489 e. The van der Waals surface area contributed by atoms with E-state index in [9.17, 15) is 9.18 Å². The van der Waals surface area contributed by atoms with Gasteiger partial charge in [0.15, 0.2) is 0 Å². The number of carbonyl (C=O) groups is 1. The van der Waals surface area contributed by atoms with Crippen molar-refractivity contribution in [2.24, 2.45) is 5.92 Å². The highest BCUT2D eigenvalue weighted by Gasteiger charge is 2.29. The van der Waals surface area contributed by atoms with Crippen LogP contribution in [0.2, 0.25) is 0 Å². The molecule has 7 nitrogen and oxygen atoms in total. The van der Waals surface area contributed by atoms with Gasteiger partial charge in [-0.25, -0.2) is 9.97 Å². The van der Waals surface area contributed by atoms with Crippen LogP contribution in [0.1, 0.15) is 75.5 Å². The van der Waals surface area contributed by atoms with Crippen LogP contribution in [0.25, 0.3) is 0 Å². The Bertz CT molecular complexity index is 1300. The van der Waals surface area contributed by atoms with Crippen LogP contribution >= 0.6 is 11.9 Å². The van der Waals surface area contributed by atoms with Crippen LogP contribution in [0.15, 0.2) is 59.6 Å². The minimum Gasteiger partial charge on any atom is -0.489 e. The monoisotopic (exact) mass is 565 g/mol. The second kappa shape index (κ2) is 13.0. The molecular weight excluding hydrogens is 525 g/mol. The summed E-state index contributed by atoms with van der Waals surface area (Å²) in [5, 5.41) is 7.52. The van der Waals surface area contributed by atoms with Crippen molar-refractivity contribution in [3.05, 3.63) is 77.4 Å². The molecule has 40 heavy (non-hydrogen) atoms. The Balaban J connectivity index is 1.40. The highest BCUT2D eigenvalue weighted by atomic mass is 32.2. The molecule has 0 saturated carbocycles. The molecule has 1 amide bonds. The molecule has 1 aliphatic rings. The Morgan fingerprint density at radius 3 is 2.60 bits per heavy atom. The lowest BCUT2D eigenvalue weighted by Crippen LogP contribution is -2.31. The van der Waals surface area contributed by atoms with E-state index in [2.05, 4.69) is 39.2 Å². The highest BCUT2D eigenvalue weighted by molar-refractivity contribution is 7.97. The van der Waals surface area contributed by atoms with Crippen LogP contribution in [-0.4, -0.2) is 34.5 Å². The molecule has 1 atom stereocenters. The number of hydrogen-bond acceptors (Lipinski definition) is 7. The Kier molecular flexibility index (Phi) is 9.68. The Morgan fingerprint density at radius 1 is 1.15 bits per heavy atom. The third-order valence-corrected chi connectivity index (χ3v) is 7.60. The van der Waals surface area contributed by atoms with Gasteiger partial charge in [0, 0.05) is 47.3 Å². The number of rotatable bonds is 11. The summed E-state index contributed by atoms with van der Waals surface area (Å²) in [7, 11) is 0. The molecule has 1 aromatic carbocycles. The maximum absolute atomic E-state index is 14.6. The number of halogens is 1. The number of anilines is 1. The predicted molar refractivity (Wildman–Crippen MR) is 159 cm³/mol. The first-order valence-electron chi connectivity index (χ1n) is 13.8. The van der Waals surface area contributed by atoms with E-state index in [1.807, 2.05) is 57.2 Å². The van der Waals surface area contributed by atoms with Crippen LogP contribution in [0.5, 0.6) is 5.75 Å². The highest BCUT2D eigenvalue weighted by Crippen LogP contribution is 2.28. The molecule has 9 heteroatoms. The molecule has 0 spiro atoms. The molecule has 0 aliphatic carbocycles. The minimum atomic E-state index is -0.790. The summed E-state index contributed by atoms with van der Waals surface area (Å²) in [6.07, 6.45) is 3.34. The van der Waals surface area contributed by atoms with Crippen LogP contribution < -0.4 is 20.1 Å². The van der Waals surface area contributed by atoms with Crippen LogP contribution in [0.3, 0.4) is 0 Å². The normalized spacial score (nSPS) is 16.5. The van der Waals surface area contributed by atoms with Gasteiger partial charge in [0.2, 0.25) is 5.95 Å².